The van der Waals surface area contributed by atoms with E-state index in [1.165, 1.54) is 64.6 Å². The van der Waals surface area contributed by atoms with Gasteiger partial charge in [0.2, 0.25) is 15.9 Å². The molecule has 1 N–H and O–H groups in total. The minimum Gasteiger partial charge on any atom is -0.493 e. The molecule has 0 bridgehead atoms. The Kier molecular flexibility index (Phi) is 6.77. The lowest BCUT2D eigenvalue weighted by molar-refractivity contribution is -0.385. The molecule has 0 aliphatic heterocycles. The summed E-state index contributed by atoms with van der Waals surface area (Å²) >= 11 is 0. The van der Waals surface area contributed by atoms with Gasteiger partial charge in [0, 0.05) is 19.2 Å². The van der Waals surface area contributed by atoms with Crippen molar-refractivity contribution in [2.45, 2.75) is 11.8 Å². The summed E-state index contributed by atoms with van der Waals surface area (Å²) < 4.78 is 36.6. The van der Waals surface area contributed by atoms with Crippen molar-refractivity contribution in [3.05, 3.63) is 52.1 Å². The summed E-state index contributed by atoms with van der Waals surface area (Å²) in [5.74, 6) is -0.0354. The van der Waals surface area contributed by atoms with Crippen LogP contribution >= 0.6 is 0 Å². The predicted molar refractivity (Wildman–Crippen MR) is 106 cm³/mol. The Morgan fingerprint density at radius 3 is 2.41 bits per heavy atom. The van der Waals surface area contributed by atoms with Crippen LogP contribution in [0.15, 0.2) is 41.3 Å². The molecule has 0 fully saturated rings. The zero-order valence-electron chi connectivity index (χ0n) is 16.3. The van der Waals surface area contributed by atoms with Crippen molar-refractivity contribution >= 4 is 27.3 Å². The molecule has 1 amide bonds. The molecule has 0 radical (unpaired) electrons. The molecule has 0 heterocycles. The van der Waals surface area contributed by atoms with Crippen molar-refractivity contribution in [2.75, 3.05) is 33.1 Å². The van der Waals surface area contributed by atoms with Crippen LogP contribution in [0.25, 0.3) is 0 Å². The highest BCUT2D eigenvalue weighted by atomic mass is 32.2. The van der Waals surface area contributed by atoms with E-state index in [-0.39, 0.29) is 27.6 Å². The molecule has 10 nitrogen and oxygen atoms in total. The Bertz CT molecular complexity index is 1040. The summed E-state index contributed by atoms with van der Waals surface area (Å²) in [5, 5.41) is 13.5. The molecule has 0 spiro atoms. The number of nitrogens with one attached hydrogen (secondary N) is 1. The van der Waals surface area contributed by atoms with Gasteiger partial charge in [-0.25, -0.2) is 8.42 Å². The summed E-state index contributed by atoms with van der Waals surface area (Å²) in [6.07, 6.45) is 0. The lowest BCUT2D eigenvalue weighted by Crippen LogP contribution is -2.35. The fourth-order valence-electron chi connectivity index (χ4n) is 2.59. The van der Waals surface area contributed by atoms with Gasteiger partial charge in [0.05, 0.1) is 41.8 Å². The fraction of sp³-hybridized carbons (Fsp3) is 0.278. The number of nitro groups is 1. The smallest absolute Gasteiger partial charge is 0.274 e. The van der Waals surface area contributed by atoms with E-state index in [1.54, 1.807) is 0 Å². The number of benzene rings is 2. The standard InChI is InChI=1S/C18H21N3O7S/c1-12-14(6-5-7-15(12)21(23)24)19-18(22)11-20(2)29(25,26)13-8-9-16(27-3)17(10-13)28-4/h5-10H,11H2,1-4H3,(H,19,22). The van der Waals surface area contributed by atoms with Crippen LogP contribution in [0.3, 0.4) is 0 Å². The number of methoxy groups -OCH3 is 2. The van der Waals surface area contributed by atoms with Gasteiger partial charge >= 0.3 is 0 Å². The van der Waals surface area contributed by atoms with Gasteiger partial charge in [-0.05, 0) is 25.1 Å². The molecule has 0 aliphatic carbocycles. The molecule has 0 aromatic heterocycles. The highest BCUT2D eigenvalue weighted by molar-refractivity contribution is 7.89. The number of hydrogen-bond donors (Lipinski definition) is 1. The van der Waals surface area contributed by atoms with Crippen LogP contribution in [0.4, 0.5) is 11.4 Å². The Balaban J connectivity index is 2.19. The molecule has 0 unspecified atom stereocenters. The summed E-state index contributed by atoms with van der Waals surface area (Å²) in [6, 6.07) is 8.35. The summed E-state index contributed by atoms with van der Waals surface area (Å²) in [6.45, 7) is 1.01. The largest absolute Gasteiger partial charge is 0.493 e. The molecule has 0 saturated carbocycles. The zero-order valence-corrected chi connectivity index (χ0v) is 17.1. The molecule has 0 saturated heterocycles. The van der Waals surface area contributed by atoms with Crippen LogP contribution in [-0.2, 0) is 14.8 Å². The van der Waals surface area contributed by atoms with Gasteiger partial charge in [0.25, 0.3) is 5.69 Å². The Morgan fingerprint density at radius 1 is 1.17 bits per heavy atom. The average Bonchev–Trinajstić information content (AvgIpc) is 2.68. The second kappa shape index (κ2) is 8.88. The van der Waals surface area contributed by atoms with Crippen molar-refractivity contribution in [3.8, 4) is 11.5 Å². The first-order chi connectivity index (χ1) is 13.6. The van der Waals surface area contributed by atoms with Crippen molar-refractivity contribution in [1.82, 2.24) is 4.31 Å². The number of likely N-dealkylation sites (N-methyl/N-ethyl adjacent to an activating group) is 1. The first kappa shape index (κ1) is 22.1. The molecular formula is C18H21N3O7S. The van der Waals surface area contributed by atoms with Gasteiger partial charge in [0.1, 0.15) is 0 Å². The van der Waals surface area contributed by atoms with E-state index >= 15 is 0 Å². The van der Waals surface area contributed by atoms with Crippen LogP contribution in [-0.4, -0.2) is 51.4 Å². The molecule has 2 aromatic rings. The van der Waals surface area contributed by atoms with Crippen LogP contribution in [0.1, 0.15) is 5.56 Å². The Hall–Kier alpha value is -3.18. The third kappa shape index (κ3) is 4.81. The Morgan fingerprint density at radius 2 is 1.83 bits per heavy atom. The quantitative estimate of drug-likeness (QED) is 0.509. The first-order valence-corrected chi connectivity index (χ1v) is 9.78. The van der Waals surface area contributed by atoms with Gasteiger partial charge in [-0.15, -0.1) is 0 Å². The highest BCUT2D eigenvalue weighted by Crippen LogP contribution is 2.30. The molecule has 156 valence electrons. The van der Waals surface area contributed by atoms with Gasteiger partial charge in [0.15, 0.2) is 11.5 Å². The summed E-state index contributed by atoms with van der Waals surface area (Å²) in [7, 11) is 0.0797. The third-order valence-electron chi connectivity index (χ3n) is 4.21. The zero-order chi connectivity index (χ0) is 21.8. The van der Waals surface area contributed by atoms with E-state index in [4.69, 9.17) is 9.47 Å². The maximum atomic E-state index is 12.8. The number of sulfonamides is 1. The number of anilines is 1. The van der Waals surface area contributed by atoms with Crippen molar-refractivity contribution in [2.24, 2.45) is 0 Å². The first-order valence-electron chi connectivity index (χ1n) is 8.34. The van der Waals surface area contributed by atoms with E-state index in [1.807, 2.05) is 0 Å². The molecule has 0 aliphatic rings. The van der Waals surface area contributed by atoms with Gasteiger partial charge < -0.3 is 14.8 Å². The van der Waals surface area contributed by atoms with Crippen LogP contribution < -0.4 is 14.8 Å². The maximum Gasteiger partial charge on any atom is 0.274 e. The minimum atomic E-state index is -3.99. The minimum absolute atomic E-state index is 0.0722. The number of amides is 1. The van der Waals surface area contributed by atoms with Crippen molar-refractivity contribution < 1.29 is 27.6 Å². The molecule has 2 rings (SSSR count). The SMILES string of the molecule is COc1ccc(S(=O)(=O)N(C)CC(=O)Nc2cccc([N+](=O)[O-])c2C)cc1OC. The number of carbonyl (C=O) groups is 1. The van der Waals surface area contributed by atoms with Crippen molar-refractivity contribution in [3.63, 3.8) is 0 Å². The number of nitro benzene ring substituents is 1. The number of carbonyl (C=O) groups excluding carboxylic acids is 1. The van der Waals surface area contributed by atoms with Crippen LogP contribution in [0.2, 0.25) is 0 Å². The maximum absolute atomic E-state index is 12.8. The monoisotopic (exact) mass is 423 g/mol. The predicted octanol–water partition coefficient (Wildman–Crippen LogP) is 2.18. The second-order valence-corrected chi connectivity index (χ2v) is 8.08. The van der Waals surface area contributed by atoms with E-state index in [0.717, 1.165) is 4.31 Å². The molecule has 0 atom stereocenters. The van der Waals surface area contributed by atoms with Crippen LogP contribution in [0, 0.1) is 17.0 Å². The summed E-state index contributed by atoms with van der Waals surface area (Å²) in [4.78, 5) is 22.7. The lowest BCUT2D eigenvalue weighted by atomic mass is 10.1. The number of ether oxygens (including phenoxy) is 2. The normalized spacial score (nSPS) is 11.2. The second-order valence-electron chi connectivity index (χ2n) is 6.03. The average molecular weight is 423 g/mol. The van der Waals surface area contributed by atoms with Gasteiger partial charge in [-0.3, -0.25) is 14.9 Å². The number of nitrogens with zero attached hydrogens (tertiary/aromatic N) is 2. The van der Waals surface area contributed by atoms with E-state index < -0.39 is 27.4 Å². The topological polar surface area (TPSA) is 128 Å². The molecular weight excluding hydrogens is 402 g/mol. The van der Waals surface area contributed by atoms with E-state index in [9.17, 15) is 23.3 Å². The molecule has 11 heteroatoms. The van der Waals surface area contributed by atoms with Gasteiger partial charge in [-0.2, -0.15) is 4.31 Å². The number of hydrogen-bond acceptors (Lipinski definition) is 7. The molecule has 29 heavy (non-hydrogen) atoms. The summed E-state index contributed by atoms with van der Waals surface area (Å²) in [5.41, 5.74) is 0.367. The molecule has 2 aromatic carbocycles. The Labute approximate surface area is 168 Å². The van der Waals surface area contributed by atoms with Gasteiger partial charge in [-0.1, -0.05) is 6.07 Å². The third-order valence-corrected chi connectivity index (χ3v) is 6.00. The highest BCUT2D eigenvalue weighted by Gasteiger charge is 2.25. The van der Waals surface area contributed by atoms with E-state index in [2.05, 4.69) is 5.32 Å². The fourth-order valence-corrected chi connectivity index (χ4v) is 3.73. The van der Waals surface area contributed by atoms with Crippen molar-refractivity contribution in [1.29, 1.82) is 0 Å². The number of rotatable bonds is 8. The van der Waals surface area contributed by atoms with Crippen LogP contribution in [0.5, 0.6) is 11.5 Å². The lowest BCUT2D eigenvalue weighted by Gasteiger charge is -2.18. The van der Waals surface area contributed by atoms with E-state index in [0.29, 0.717) is 5.75 Å².